The van der Waals surface area contributed by atoms with Gasteiger partial charge >= 0.3 is 0 Å². The Kier molecular flexibility index (Phi) is 4.21. The van der Waals surface area contributed by atoms with Gasteiger partial charge in [-0.1, -0.05) is 13.8 Å². The van der Waals surface area contributed by atoms with E-state index in [1.165, 1.54) is 0 Å². The van der Waals surface area contributed by atoms with Crippen LogP contribution < -0.4 is 16.6 Å². The third-order valence-electron chi connectivity index (χ3n) is 3.49. The lowest BCUT2D eigenvalue weighted by Gasteiger charge is -2.18. The molecule has 106 valence electrons. The Bertz CT molecular complexity index is 445. The summed E-state index contributed by atoms with van der Waals surface area (Å²) in [5.41, 5.74) is 3.49. The first-order chi connectivity index (χ1) is 9.02. The van der Waals surface area contributed by atoms with E-state index in [1.54, 1.807) is 0 Å². The lowest BCUT2D eigenvalue weighted by molar-refractivity contribution is 0.138. The van der Waals surface area contributed by atoms with Crippen LogP contribution >= 0.6 is 0 Å². The molecule has 0 spiro atoms. The van der Waals surface area contributed by atoms with Crippen molar-refractivity contribution in [1.29, 1.82) is 0 Å². The van der Waals surface area contributed by atoms with Crippen LogP contribution in [0.3, 0.4) is 0 Å². The highest BCUT2D eigenvalue weighted by Crippen LogP contribution is 2.39. The largest absolute Gasteiger partial charge is 0.391 e. The Morgan fingerprint density at radius 3 is 2.47 bits per heavy atom. The first kappa shape index (κ1) is 14.0. The molecule has 0 saturated heterocycles. The Morgan fingerprint density at radius 2 is 1.95 bits per heavy atom. The van der Waals surface area contributed by atoms with E-state index in [0.29, 0.717) is 18.3 Å². The summed E-state index contributed by atoms with van der Waals surface area (Å²) in [4.78, 5) is 8.97. The molecule has 1 atom stereocenters. The van der Waals surface area contributed by atoms with Crippen LogP contribution in [0.15, 0.2) is 0 Å². The van der Waals surface area contributed by atoms with Crippen molar-refractivity contribution in [2.75, 3.05) is 17.3 Å². The maximum absolute atomic E-state index is 9.85. The highest BCUT2D eigenvalue weighted by Gasteiger charge is 2.28. The molecule has 1 fully saturated rings. The molecule has 0 bridgehead atoms. The number of hydrogen-bond acceptors (Lipinski definition) is 6. The summed E-state index contributed by atoms with van der Waals surface area (Å²) in [6.45, 7) is 6.36. The van der Waals surface area contributed by atoms with Crippen molar-refractivity contribution in [2.24, 2.45) is 11.8 Å². The summed E-state index contributed by atoms with van der Waals surface area (Å²) in [5.74, 6) is 8.41. The van der Waals surface area contributed by atoms with Gasteiger partial charge in [0.25, 0.3) is 0 Å². The predicted octanol–water partition coefficient (Wildman–Crippen LogP) is 1.38. The van der Waals surface area contributed by atoms with Crippen LogP contribution in [-0.2, 0) is 0 Å². The molecule has 0 aromatic carbocycles. The Labute approximate surface area is 113 Å². The van der Waals surface area contributed by atoms with E-state index < -0.39 is 6.10 Å². The minimum Gasteiger partial charge on any atom is -0.391 e. The molecule has 6 nitrogen and oxygen atoms in total. The quantitative estimate of drug-likeness (QED) is 0.458. The molecule has 0 aliphatic heterocycles. The van der Waals surface area contributed by atoms with E-state index in [-0.39, 0.29) is 5.92 Å². The van der Waals surface area contributed by atoms with Crippen LogP contribution in [0.25, 0.3) is 0 Å². The number of nitrogens with zero attached hydrogens (tertiary/aromatic N) is 2. The number of anilines is 2. The fourth-order valence-electron chi connectivity index (χ4n) is 1.81. The maximum Gasteiger partial charge on any atom is 0.148 e. The van der Waals surface area contributed by atoms with E-state index in [0.717, 1.165) is 30.0 Å². The van der Waals surface area contributed by atoms with Crippen LogP contribution in [0.4, 0.5) is 11.6 Å². The average Bonchev–Trinajstić information content (AvgIpc) is 3.21. The monoisotopic (exact) mass is 265 g/mol. The van der Waals surface area contributed by atoms with Gasteiger partial charge < -0.3 is 15.8 Å². The van der Waals surface area contributed by atoms with Gasteiger partial charge in [-0.2, -0.15) is 0 Å². The number of aliphatic hydroxyl groups excluding tert-OH is 1. The zero-order valence-corrected chi connectivity index (χ0v) is 11.8. The normalized spacial score (nSPS) is 16.5. The molecule has 1 aliphatic rings. The van der Waals surface area contributed by atoms with Gasteiger partial charge in [0.2, 0.25) is 0 Å². The summed E-state index contributed by atoms with van der Waals surface area (Å²) in [6, 6.07) is 0. The van der Waals surface area contributed by atoms with Gasteiger partial charge in [0.1, 0.15) is 17.5 Å². The maximum atomic E-state index is 9.85. The fourth-order valence-corrected chi connectivity index (χ4v) is 1.81. The lowest BCUT2D eigenvalue weighted by atomic mass is 10.1. The van der Waals surface area contributed by atoms with Gasteiger partial charge in [-0.25, -0.2) is 15.8 Å². The minimum atomic E-state index is -0.395. The zero-order valence-electron chi connectivity index (χ0n) is 11.8. The summed E-state index contributed by atoms with van der Waals surface area (Å²) in [7, 11) is 0. The molecule has 1 aliphatic carbocycles. The van der Waals surface area contributed by atoms with Gasteiger partial charge in [-0.3, -0.25) is 0 Å². The van der Waals surface area contributed by atoms with Crippen molar-refractivity contribution in [3.8, 4) is 0 Å². The SMILES string of the molecule is Cc1c(NN)nc(C2CC2)nc1NCC(O)C(C)C. The highest BCUT2D eigenvalue weighted by atomic mass is 16.3. The van der Waals surface area contributed by atoms with E-state index in [4.69, 9.17) is 5.84 Å². The molecule has 2 rings (SSSR count). The van der Waals surface area contributed by atoms with E-state index in [9.17, 15) is 5.11 Å². The summed E-state index contributed by atoms with van der Waals surface area (Å²) < 4.78 is 0. The van der Waals surface area contributed by atoms with Crippen LogP contribution in [-0.4, -0.2) is 27.7 Å². The van der Waals surface area contributed by atoms with Gasteiger partial charge in [0.05, 0.1) is 6.10 Å². The molecule has 19 heavy (non-hydrogen) atoms. The predicted molar refractivity (Wildman–Crippen MR) is 75.9 cm³/mol. The number of rotatable bonds is 6. The number of nitrogens with one attached hydrogen (secondary N) is 2. The van der Waals surface area contributed by atoms with Crippen LogP contribution in [0, 0.1) is 12.8 Å². The molecule has 0 radical (unpaired) electrons. The third-order valence-corrected chi connectivity index (χ3v) is 3.49. The average molecular weight is 265 g/mol. The molecule has 1 heterocycles. The van der Waals surface area contributed by atoms with Crippen molar-refractivity contribution in [2.45, 2.75) is 45.6 Å². The smallest absolute Gasteiger partial charge is 0.148 e. The third kappa shape index (κ3) is 3.33. The summed E-state index contributed by atoms with van der Waals surface area (Å²) in [5, 5.41) is 13.0. The fraction of sp³-hybridized carbons (Fsp3) is 0.692. The zero-order chi connectivity index (χ0) is 14.0. The second-order valence-corrected chi connectivity index (χ2v) is 5.51. The Hall–Kier alpha value is -1.40. The van der Waals surface area contributed by atoms with Gasteiger partial charge in [0, 0.05) is 18.0 Å². The standard InChI is InChI=1S/C13H23N5O/c1-7(2)10(19)6-15-11-8(3)12(18-14)17-13(16-11)9-4-5-9/h7,9-10,19H,4-6,14H2,1-3H3,(H2,15,16,17,18). The number of aromatic nitrogens is 2. The van der Waals surface area contributed by atoms with Crippen LogP contribution in [0.5, 0.6) is 0 Å². The minimum absolute atomic E-state index is 0.213. The molecule has 6 heteroatoms. The highest BCUT2D eigenvalue weighted by molar-refractivity contribution is 5.57. The van der Waals surface area contributed by atoms with Crippen molar-refractivity contribution in [3.63, 3.8) is 0 Å². The summed E-state index contributed by atoms with van der Waals surface area (Å²) in [6.07, 6.45) is 1.88. The van der Waals surface area contributed by atoms with Crippen molar-refractivity contribution >= 4 is 11.6 Å². The topological polar surface area (TPSA) is 96.1 Å². The molecule has 1 aromatic heterocycles. The Balaban J connectivity index is 2.15. The van der Waals surface area contributed by atoms with E-state index >= 15 is 0 Å². The first-order valence-corrected chi connectivity index (χ1v) is 6.80. The molecule has 1 saturated carbocycles. The molecule has 5 N–H and O–H groups in total. The second-order valence-electron chi connectivity index (χ2n) is 5.51. The number of hydrogen-bond donors (Lipinski definition) is 4. The molecular formula is C13H23N5O. The van der Waals surface area contributed by atoms with Crippen molar-refractivity contribution < 1.29 is 5.11 Å². The number of nitrogen functional groups attached to an aromatic ring is 1. The molecule has 1 aromatic rings. The molecule has 1 unspecified atom stereocenters. The van der Waals surface area contributed by atoms with Crippen molar-refractivity contribution in [1.82, 2.24) is 9.97 Å². The summed E-state index contributed by atoms with van der Waals surface area (Å²) >= 11 is 0. The lowest BCUT2D eigenvalue weighted by Crippen LogP contribution is -2.26. The van der Waals surface area contributed by atoms with Crippen molar-refractivity contribution in [3.05, 3.63) is 11.4 Å². The van der Waals surface area contributed by atoms with Crippen LogP contribution in [0.2, 0.25) is 0 Å². The van der Waals surface area contributed by atoms with Gasteiger partial charge in [-0.05, 0) is 25.7 Å². The van der Waals surface area contributed by atoms with Crippen LogP contribution in [0.1, 0.15) is 44.0 Å². The number of hydrazine groups is 1. The van der Waals surface area contributed by atoms with Gasteiger partial charge in [0.15, 0.2) is 0 Å². The van der Waals surface area contributed by atoms with E-state index in [1.807, 2.05) is 20.8 Å². The molecular weight excluding hydrogens is 242 g/mol. The Morgan fingerprint density at radius 1 is 1.32 bits per heavy atom. The number of aliphatic hydroxyl groups is 1. The second kappa shape index (κ2) is 5.71. The number of nitrogens with two attached hydrogens (primary N) is 1. The first-order valence-electron chi connectivity index (χ1n) is 6.80. The molecule has 0 amide bonds. The van der Waals surface area contributed by atoms with E-state index in [2.05, 4.69) is 20.7 Å². The van der Waals surface area contributed by atoms with Gasteiger partial charge in [-0.15, -0.1) is 0 Å².